The molecule has 0 unspecified atom stereocenters. The molecule has 1 saturated heterocycles. The molecule has 1 fully saturated rings. The first-order valence-corrected chi connectivity index (χ1v) is 12.1. The largest absolute Gasteiger partial charge is 0.493 e. The summed E-state index contributed by atoms with van der Waals surface area (Å²) in [6.45, 7) is 7.25. The van der Waals surface area contributed by atoms with Gasteiger partial charge in [0.25, 0.3) is 0 Å². The van der Waals surface area contributed by atoms with Gasteiger partial charge < -0.3 is 19.5 Å². The molecular weight excluding hydrogens is 432 g/mol. The summed E-state index contributed by atoms with van der Waals surface area (Å²) in [7, 11) is 0. The van der Waals surface area contributed by atoms with E-state index in [-0.39, 0.29) is 11.6 Å². The fraction of sp³-hybridized carbons (Fsp3) is 0.423. The summed E-state index contributed by atoms with van der Waals surface area (Å²) in [6, 6.07) is 14.3. The number of fused-ring (bicyclic) bond motifs is 3. The maximum atomic E-state index is 12.9. The molecule has 0 radical (unpaired) electrons. The van der Waals surface area contributed by atoms with E-state index < -0.39 is 0 Å². The van der Waals surface area contributed by atoms with Crippen molar-refractivity contribution >= 4 is 0 Å². The molecule has 0 saturated carbocycles. The van der Waals surface area contributed by atoms with E-state index in [2.05, 4.69) is 34.1 Å². The summed E-state index contributed by atoms with van der Waals surface area (Å²) in [5.41, 5.74) is 4.23. The molecular formula is C26H30N4O4. The van der Waals surface area contributed by atoms with Gasteiger partial charge in [-0.25, -0.2) is 4.79 Å². The molecule has 3 aromatic rings. The molecule has 1 aromatic heterocycles. The van der Waals surface area contributed by atoms with Gasteiger partial charge in [0, 0.05) is 45.7 Å². The van der Waals surface area contributed by atoms with Gasteiger partial charge in [0.05, 0.1) is 12.2 Å². The number of aromatic nitrogens is 2. The highest BCUT2D eigenvalue weighted by Crippen LogP contribution is 2.33. The number of piperazine rings is 1. The van der Waals surface area contributed by atoms with Gasteiger partial charge in [0.1, 0.15) is 0 Å². The van der Waals surface area contributed by atoms with E-state index in [0.717, 1.165) is 68.4 Å². The Kier molecular flexibility index (Phi) is 5.55. The second kappa shape index (κ2) is 8.85. The molecule has 3 aliphatic heterocycles. The van der Waals surface area contributed by atoms with E-state index in [9.17, 15) is 9.90 Å². The number of rotatable bonds is 6. The van der Waals surface area contributed by atoms with Crippen molar-refractivity contribution in [3.63, 3.8) is 0 Å². The molecule has 6 rings (SSSR count). The van der Waals surface area contributed by atoms with E-state index in [4.69, 9.17) is 9.47 Å². The van der Waals surface area contributed by atoms with Gasteiger partial charge in [-0.1, -0.05) is 30.3 Å². The van der Waals surface area contributed by atoms with Crippen LogP contribution >= 0.6 is 0 Å². The van der Waals surface area contributed by atoms with Crippen LogP contribution in [0.4, 0.5) is 0 Å². The molecule has 4 heterocycles. The molecule has 0 amide bonds. The number of hydrogen-bond acceptors (Lipinski definition) is 6. The minimum absolute atomic E-state index is 0.101. The van der Waals surface area contributed by atoms with Gasteiger partial charge in [-0.3, -0.25) is 14.0 Å². The molecule has 8 heteroatoms. The van der Waals surface area contributed by atoms with E-state index >= 15 is 0 Å². The van der Waals surface area contributed by atoms with Crippen molar-refractivity contribution in [1.29, 1.82) is 0 Å². The fourth-order valence-electron chi connectivity index (χ4n) is 5.32. The van der Waals surface area contributed by atoms with Crippen LogP contribution in [0.15, 0.2) is 47.3 Å². The molecule has 178 valence electrons. The Morgan fingerprint density at radius 1 is 0.882 bits per heavy atom. The molecule has 0 bridgehead atoms. The number of hydrogen-bond donors (Lipinski definition) is 1. The van der Waals surface area contributed by atoms with Crippen LogP contribution < -0.4 is 15.2 Å². The molecule has 3 aliphatic rings. The normalized spacial score (nSPS) is 17.5. The van der Waals surface area contributed by atoms with Gasteiger partial charge in [0.2, 0.25) is 12.7 Å². The Morgan fingerprint density at radius 3 is 2.50 bits per heavy atom. The Labute approximate surface area is 198 Å². The van der Waals surface area contributed by atoms with Gasteiger partial charge in [0.15, 0.2) is 11.5 Å². The zero-order valence-corrected chi connectivity index (χ0v) is 19.3. The van der Waals surface area contributed by atoms with Crippen LogP contribution in [0.3, 0.4) is 0 Å². The summed E-state index contributed by atoms with van der Waals surface area (Å²) in [6.07, 6.45) is 1.45. The van der Waals surface area contributed by atoms with Crippen LogP contribution in [0.5, 0.6) is 17.4 Å². The third kappa shape index (κ3) is 3.97. The van der Waals surface area contributed by atoms with E-state index in [0.29, 0.717) is 26.3 Å². The average Bonchev–Trinajstić information content (AvgIpc) is 3.42. The van der Waals surface area contributed by atoms with Crippen molar-refractivity contribution in [2.75, 3.05) is 39.5 Å². The first-order chi connectivity index (χ1) is 16.7. The van der Waals surface area contributed by atoms with Crippen molar-refractivity contribution < 1.29 is 14.6 Å². The first-order valence-electron chi connectivity index (χ1n) is 12.1. The van der Waals surface area contributed by atoms with Gasteiger partial charge in [-0.15, -0.1) is 0 Å². The van der Waals surface area contributed by atoms with E-state index in [1.54, 1.807) is 9.13 Å². The summed E-state index contributed by atoms with van der Waals surface area (Å²) in [5, 5.41) is 10.8. The van der Waals surface area contributed by atoms with Crippen LogP contribution in [0.2, 0.25) is 0 Å². The predicted molar refractivity (Wildman–Crippen MR) is 128 cm³/mol. The lowest BCUT2D eigenvalue weighted by atomic mass is 9.99. The van der Waals surface area contributed by atoms with Crippen molar-refractivity contribution in [1.82, 2.24) is 18.9 Å². The Hall–Kier alpha value is -3.23. The predicted octanol–water partition coefficient (Wildman–Crippen LogP) is 2.24. The lowest BCUT2D eigenvalue weighted by Crippen LogP contribution is -2.46. The monoisotopic (exact) mass is 462 g/mol. The van der Waals surface area contributed by atoms with E-state index in [1.165, 1.54) is 11.1 Å². The number of ether oxygens (including phenoxy) is 2. The Morgan fingerprint density at radius 2 is 1.65 bits per heavy atom. The Bertz CT molecular complexity index is 1260. The fourth-order valence-corrected chi connectivity index (χ4v) is 5.32. The maximum absolute atomic E-state index is 12.9. The van der Waals surface area contributed by atoms with Crippen molar-refractivity contribution in [3.05, 3.63) is 75.3 Å². The van der Waals surface area contributed by atoms with Crippen molar-refractivity contribution in [3.8, 4) is 17.4 Å². The molecule has 0 spiro atoms. The minimum atomic E-state index is -0.101. The summed E-state index contributed by atoms with van der Waals surface area (Å²) >= 11 is 0. The standard InChI is InChI=1S/C26H30N4O4/c31-25-22-15-20-4-1-2-5-21(20)17-30(22)26(32)29(25)9-3-8-27-10-12-28(13-11-27)16-19-6-7-23-24(14-19)34-18-33-23/h1-2,4-7,14,31H,3,8-13,15-18H2. The number of benzene rings is 2. The molecule has 8 nitrogen and oxygen atoms in total. The smallest absolute Gasteiger partial charge is 0.331 e. The number of nitrogens with zero attached hydrogens (tertiary/aromatic N) is 4. The summed E-state index contributed by atoms with van der Waals surface area (Å²) in [5.74, 6) is 1.80. The van der Waals surface area contributed by atoms with Gasteiger partial charge in [-0.05, 0) is 41.8 Å². The van der Waals surface area contributed by atoms with Crippen LogP contribution in [-0.4, -0.2) is 63.6 Å². The molecule has 0 atom stereocenters. The van der Waals surface area contributed by atoms with Crippen LogP contribution in [0.25, 0.3) is 0 Å². The van der Waals surface area contributed by atoms with Crippen molar-refractivity contribution in [2.24, 2.45) is 0 Å². The van der Waals surface area contributed by atoms with Crippen LogP contribution in [0, 0.1) is 0 Å². The third-order valence-corrected chi connectivity index (χ3v) is 7.27. The maximum Gasteiger partial charge on any atom is 0.331 e. The second-order valence-electron chi connectivity index (χ2n) is 9.40. The third-order valence-electron chi connectivity index (χ3n) is 7.27. The molecule has 34 heavy (non-hydrogen) atoms. The van der Waals surface area contributed by atoms with Crippen LogP contribution in [0.1, 0.15) is 28.8 Å². The van der Waals surface area contributed by atoms with Gasteiger partial charge in [-0.2, -0.15) is 0 Å². The first kappa shape index (κ1) is 21.3. The van der Waals surface area contributed by atoms with Gasteiger partial charge >= 0.3 is 5.69 Å². The quantitative estimate of drug-likeness (QED) is 0.474. The number of aromatic hydroxyl groups is 1. The average molecular weight is 463 g/mol. The summed E-state index contributed by atoms with van der Waals surface area (Å²) in [4.78, 5) is 17.9. The molecule has 1 N–H and O–H groups in total. The molecule has 0 aliphatic carbocycles. The highest BCUT2D eigenvalue weighted by Gasteiger charge is 2.25. The Balaban J connectivity index is 1.01. The SMILES string of the molecule is O=c1n(CCCN2CCN(Cc3ccc4c(c3)OCO4)CC2)c(O)c2n1Cc1ccccc1C2. The zero-order valence-electron chi connectivity index (χ0n) is 19.3. The van der Waals surface area contributed by atoms with Crippen LogP contribution in [-0.2, 0) is 26.1 Å². The number of imidazole rings is 1. The second-order valence-corrected chi connectivity index (χ2v) is 9.40. The lowest BCUT2D eigenvalue weighted by molar-refractivity contribution is 0.124. The van der Waals surface area contributed by atoms with E-state index in [1.807, 2.05) is 18.2 Å². The topological polar surface area (TPSA) is 72.1 Å². The lowest BCUT2D eigenvalue weighted by Gasteiger charge is -2.34. The minimum Gasteiger partial charge on any atom is -0.493 e. The zero-order chi connectivity index (χ0) is 23.1. The summed E-state index contributed by atoms with van der Waals surface area (Å²) < 4.78 is 14.2. The highest BCUT2D eigenvalue weighted by atomic mass is 16.7. The highest BCUT2D eigenvalue weighted by molar-refractivity contribution is 5.44. The van der Waals surface area contributed by atoms with Crippen molar-refractivity contribution in [2.45, 2.75) is 32.5 Å². The molecule has 2 aromatic carbocycles.